The van der Waals surface area contributed by atoms with Crippen molar-refractivity contribution in [2.75, 3.05) is 4.90 Å². The summed E-state index contributed by atoms with van der Waals surface area (Å²) in [4.78, 5) is 16.6. The second-order valence-corrected chi connectivity index (χ2v) is 13.7. The maximum absolute atomic E-state index is 6.62. The molecular formula is C52H38N4O. The van der Waals surface area contributed by atoms with Crippen LogP contribution < -0.4 is 4.90 Å². The number of furan rings is 1. The molecule has 0 amide bonds. The van der Waals surface area contributed by atoms with Crippen LogP contribution in [-0.2, 0) is 6.54 Å². The molecule has 1 heterocycles. The number of fused-ring (bicyclic) bond motifs is 3. The minimum absolute atomic E-state index is 0.500. The van der Waals surface area contributed by atoms with Crippen LogP contribution in [-0.4, -0.2) is 18.4 Å². The van der Waals surface area contributed by atoms with Crippen molar-refractivity contribution in [3.8, 4) is 22.3 Å². The van der Waals surface area contributed by atoms with Gasteiger partial charge in [0.05, 0.1) is 17.6 Å². The third kappa shape index (κ3) is 7.42. The van der Waals surface area contributed by atoms with Gasteiger partial charge in [0.25, 0.3) is 0 Å². The van der Waals surface area contributed by atoms with E-state index >= 15 is 0 Å². The minimum Gasteiger partial charge on any atom is -0.456 e. The first-order valence-electron chi connectivity index (χ1n) is 19.0. The zero-order chi connectivity index (χ0) is 38.4. The van der Waals surface area contributed by atoms with Gasteiger partial charge in [-0.2, -0.15) is 0 Å². The summed E-state index contributed by atoms with van der Waals surface area (Å²) in [6.07, 6.45) is 0. The zero-order valence-electron chi connectivity index (χ0n) is 31.2. The first-order valence-corrected chi connectivity index (χ1v) is 19.0. The highest BCUT2D eigenvalue weighted by atomic mass is 16.3. The Kier molecular flexibility index (Phi) is 9.85. The lowest BCUT2D eigenvalue weighted by molar-refractivity contribution is 0.669. The van der Waals surface area contributed by atoms with Crippen molar-refractivity contribution in [2.45, 2.75) is 6.54 Å². The Bertz CT molecular complexity index is 2860. The van der Waals surface area contributed by atoms with Gasteiger partial charge >= 0.3 is 0 Å². The molecular weight excluding hydrogens is 697 g/mol. The molecule has 0 unspecified atom stereocenters. The van der Waals surface area contributed by atoms with E-state index in [9.17, 15) is 0 Å². The molecule has 0 N–H and O–H groups in total. The normalized spacial score (nSPS) is 11.9. The second kappa shape index (κ2) is 16.0. The molecule has 0 aliphatic rings. The van der Waals surface area contributed by atoms with Gasteiger partial charge in [-0.25, -0.2) is 9.98 Å². The van der Waals surface area contributed by atoms with E-state index in [2.05, 4.69) is 144 Å². The van der Waals surface area contributed by atoms with Gasteiger partial charge in [-0.3, -0.25) is 4.99 Å². The summed E-state index contributed by atoms with van der Waals surface area (Å²) in [5.74, 6) is 1.10. The van der Waals surface area contributed by atoms with Crippen molar-refractivity contribution in [3.05, 3.63) is 223 Å². The van der Waals surface area contributed by atoms with Gasteiger partial charge in [-0.15, -0.1) is 0 Å². The quantitative estimate of drug-likeness (QED) is 0.109. The van der Waals surface area contributed by atoms with E-state index in [-0.39, 0.29) is 0 Å². The molecule has 9 aromatic rings. The van der Waals surface area contributed by atoms with Crippen LogP contribution in [0.4, 0.5) is 17.1 Å². The molecule has 5 heteroatoms. The van der Waals surface area contributed by atoms with Crippen molar-refractivity contribution >= 4 is 57.4 Å². The third-order valence-corrected chi connectivity index (χ3v) is 10.1. The maximum Gasteiger partial charge on any atom is 0.161 e. The van der Waals surface area contributed by atoms with Gasteiger partial charge in [-0.1, -0.05) is 152 Å². The van der Waals surface area contributed by atoms with E-state index in [0.29, 0.717) is 18.2 Å². The summed E-state index contributed by atoms with van der Waals surface area (Å²) >= 11 is 0. The fraction of sp³-hybridized carbons (Fsp3) is 0.0192. The fourth-order valence-electron chi connectivity index (χ4n) is 7.27. The molecule has 0 spiro atoms. The van der Waals surface area contributed by atoms with Crippen molar-refractivity contribution in [3.63, 3.8) is 0 Å². The standard InChI is InChI=1S/C52H38N4O/c1-53-51(55-52(40-20-10-4-11-21-40)54-36-37-16-6-2-7-17-37)43-23-14-22-41(34-43)42-30-33-46-49(35-42)57-48-27-15-26-47(50(46)48)56(44-24-12-5-13-25-44)45-31-28-39(29-32-45)38-18-8-3-9-19-38/h2-35H,1,36H2/b54-52-,55-51-. The van der Waals surface area contributed by atoms with Crippen LogP contribution in [0.5, 0.6) is 0 Å². The van der Waals surface area contributed by atoms with Gasteiger partial charge in [0.2, 0.25) is 0 Å². The van der Waals surface area contributed by atoms with E-state index in [0.717, 1.165) is 66.8 Å². The Labute approximate surface area is 332 Å². The molecule has 0 bridgehead atoms. The smallest absolute Gasteiger partial charge is 0.161 e. The second-order valence-electron chi connectivity index (χ2n) is 13.7. The number of benzene rings is 8. The SMILES string of the molecule is C=N/C(=N\C(=N/Cc1ccccc1)c1ccccc1)c1cccc(-c2ccc3c(c2)oc2cccc(N(c4ccccc4)c4ccc(-c5ccccc5)cc4)c23)c1. The first-order chi connectivity index (χ1) is 28.2. The topological polar surface area (TPSA) is 53.5 Å². The average molecular weight is 735 g/mol. The maximum atomic E-state index is 6.62. The average Bonchev–Trinajstić information content (AvgIpc) is 3.67. The monoisotopic (exact) mass is 734 g/mol. The predicted octanol–water partition coefficient (Wildman–Crippen LogP) is 13.5. The number of amidine groups is 2. The fourth-order valence-corrected chi connectivity index (χ4v) is 7.27. The molecule has 272 valence electrons. The lowest BCUT2D eigenvalue weighted by atomic mass is 10.0. The Morgan fingerprint density at radius 1 is 0.474 bits per heavy atom. The summed E-state index contributed by atoms with van der Waals surface area (Å²) in [5, 5.41) is 2.09. The molecule has 0 radical (unpaired) electrons. The Balaban J connectivity index is 1.08. The Morgan fingerprint density at radius 2 is 1.05 bits per heavy atom. The van der Waals surface area contributed by atoms with Crippen LogP contribution in [0.2, 0.25) is 0 Å². The van der Waals surface area contributed by atoms with Crippen LogP contribution in [0.3, 0.4) is 0 Å². The highest BCUT2D eigenvalue weighted by Gasteiger charge is 2.20. The van der Waals surface area contributed by atoms with Crippen LogP contribution in [0.25, 0.3) is 44.2 Å². The van der Waals surface area contributed by atoms with E-state index < -0.39 is 0 Å². The molecule has 0 aliphatic carbocycles. The van der Waals surface area contributed by atoms with Crippen LogP contribution >= 0.6 is 0 Å². The molecule has 5 nitrogen and oxygen atoms in total. The zero-order valence-corrected chi connectivity index (χ0v) is 31.2. The van der Waals surface area contributed by atoms with Crippen molar-refractivity contribution < 1.29 is 4.42 Å². The summed E-state index contributed by atoms with van der Waals surface area (Å²) in [7, 11) is 0. The summed E-state index contributed by atoms with van der Waals surface area (Å²) in [6.45, 7) is 4.40. The van der Waals surface area contributed by atoms with Crippen LogP contribution in [0.15, 0.2) is 226 Å². The van der Waals surface area contributed by atoms with Crippen molar-refractivity contribution in [1.29, 1.82) is 0 Å². The number of rotatable bonds is 9. The Morgan fingerprint density at radius 3 is 1.79 bits per heavy atom. The summed E-state index contributed by atoms with van der Waals surface area (Å²) < 4.78 is 6.62. The number of anilines is 3. The van der Waals surface area contributed by atoms with Gasteiger partial charge in [0.15, 0.2) is 11.7 Å². The van der Waals surface area contributed by atoms with Crippen molar-refractivity contribution in [2.24, 2.45) is 15.0 Å². The predicted molar refractivity (Wildman–Crippen MR) is 238 cm³/mol. The van der Waals surface area contributed by atoms with Gasteiger partial charge in [-0.05, 0) is 89.1 Å². The summed E-state index contributed by atoms with van der Waals surface area (Å²) in [6, 6.07) is 70.8. The molecule has 8 aromatic carbocycles. The van der Waals surface area contributed by atoms with E-state index in [1.54, 1.807) is 0 Å². The molecule has 9 rings (SSSR count). The molecule has 57 heavy (non-hydrogen) atoms. The Hall–Kier alpha value is -7.63. The number of hydrogen-bond donors (Lipinski definition) is 0. The van der Waals surface area contributed by atoms with E-state index in [4.69, 9.17) is 14.4 Å². The molecule has 0 saturated carbocycles. The third-order valence-electron chi connectivity index (χ3n) is 10.1. The highest BCUT2D eigenvalue weighted by Crippen LogP contribution is 2.43. The van der Waals surface area contributed by atoms with Crippen LogP contribution in [0, 0.1) is 0 Å². The van der Waals surface area contributed by atoms with Gasteiger partial charge in [0, 0.05) is 27.9 Å². The lowest BCUT2D eigenvalue weighted by Crippen LogP contribution is -2.10. The van der Waals surface area contributed by atoms with Gasteiger partial charge < -0.3 is 9.32 Å². The van der Waals surface area contributed by atoms with E-state index in [1.807, 2.05) is 78.9 Å². The van der Waals surface area contributed by atoms with Crippen molar-refractivity contribution in [1.82, 2.24) is 0 Å². The largest absolute Gasteiger partial charge is 0.456 e. The minimum atomic E-state index is 0.500. The molecule has 0 aliphatic heterocycles. The first kappa shape index (κ1) is 35.1. The molecule has 0 atom stereocenters. The summed E-state index contributed by atoms with van der Waals surface area (Å²) in [5.41, 5.74) is 12.1. The highest BCUT2D eigenvalue weighted by molar-refractivity contribution is 6.15. The number of aliphatic imine (C=N–C) groups is 3. The number of hydrogen-bond acceptors (Lipinski definition) is 3. The van der Waals surface area contributed by atoms with Gasteiger partial charge in [0.1, 0.15) is 11.2 Å². The lowest BCUT2D eigenvalue weighted by Gasteiger charge is -2.26. The molecule has 0 saturated heterocycles. The molecule has 1 aromatic heterocycles. The number of para-hydroxylation sites is 1. The number of nitrogens with zero attached hydrogens (tertiary/aromatic N) is 4. The van der Waals surface area contributed by atoms with E-state index in [1.165, 1.54) is 11.1 Å². The van der Waals surface area contributed by atoms with Crippen LogP contribution in [0.1, 0.15) is 16.7 Å². The molecule has 0 fully saturated rings.